The maximum Gasteiger partial charge on any atom is 0.410 e. The van der Waals surface area contributed by atoms with E-state index in [9.17, 15) is 24.0 Å². The molecule has 2 aliphatic rings. The summed E-state index contributed by atoms with van der Waals surface area (Å²) in [5.41, 5.74) is 3.13. The molecule has 15 nitrogen and oxygen atoms in total. The number of hydrogen-bond donors (Lipinski definition) is 4. The zero-order chi connectivity index (χ0) is 46.0. The van der Waals surface area contributed by atoms with Crippen molar-refractivity contribution in [1.29, 1.82) is 0 Å². The predicted octanol–water partition coefficient (Wildman–Crippen LogP) is 8.79. The molecule has 16 heteroatoms. The predicted molar refractivity (Wildman–Crippen MR) is 245 cm³/mol. The minimum Gasteiger partial charge on any atom is -0.444 e. The summed E-state index contributed by atoms with van der Waals surface area (Å²) in [6, 6.07) is 19.2. The van der Waals surface area contributed by atoms with Crippen LogP contribution in [0.3, 0.4) is 0 Å². The second kappa shape index (κ2) is 21.2. The van der Waals surface area contributed by atoms with Crippen LogP contribution in [0.25, 0.3) is 22.5 Å². The van der Waals surface area contributed by atoms with Crippen LogP contribution >= 0.6 is 11.6 Å². The number of Topliss-reactive ketones (excluding diaryl/α,β-unsaturated/α-hetero) is 1. The number of hydrogen-bond acceptors (Lipinski definition) is 10. The molecule has 0 radical (unpaired) electrons. The van der Waals surface area contributed by atoms with Crippen LogP contribution in [0, 0.1) is 17.8 Å². The lowest BCUT2D eigenvalue weighted by atomic mass is 9.81. The molecule has 342 valence electrons. The number of nitrogens with one attached hydrogen (secondary N) is 4. The molecule has 6 rings (SSSR count). The summed E-state index contributed by atoms with van der Waals surface area (Å²) in [6.07, 6.45) is 5.13. The minimum absolute atomic E-state index is 0.0170. The number of alkyl carbamates (subject to hydrolysis) is 1. The number of carbonyl (C=O) groups is 5. The molecule has 2 fully saturated rings. The van der Waals surface area contributed by atoms with Gasteiger partial charge in [0.1, 0.15) is 17.2 Å². The number of benzene rings is 3. The Balaban J connectivity index is 1.05. The van der Waals surface area contributed by atoms with E-state index in [4.69, 9.17) is 21.1 Å². The fraction of sp³-hybridized carbons (Fsp3) is 0.500. The first kappa shape index (κ1) is 47.6. The van der Waals surface area contributed by atoms with Gasteiger partial charge in [0.2, 0.25) is 17.6 Å². The van der Waals surface area contributed by atoms with Crippen LogP contribution in [0.1, 0.15) is 109 Å². The molecular formula is C48H61ClN8O7. The van der Waals surface area contributed by atoms with Crippen molar-refractivity contribution < 1.29 is 33.4 Å². The molecule has 0 bridgehead atoms. The van der Waals surface area contributed by atoms with Crippen molar-refractivity contribution in [1.82, 2.24) is 36.2 Å². The molecule has 1 aromatic heterocycles. The summed E-state index contributed by atoms with van der Waals surface area (Å²) in [5, 5.41) is 23.3. The lowest BCUT2D eigenvalue weighted by Crippen LogP contribution is -2.48. The highest BCUT2D eigenvalue weighted by molar-refractivity contribution is 6.33. The smallest absolute Gasteiger partial charge is 0.410 e. The van der Waals surface area contributed by atoms with Crippen LogP contribution in [-0.4, -0.2) is 92.2 Å². The molecule has 4 amide bonds. The van der Waals surface area contributed by atoms with E-state index < -0.39 is 23.3 Å². The number of tetrazole rings is 1. The molecule has 2 unspecified atom stereocenters. The molecule has 64 heavy (non-hydrogen) atoms. The quantitative estimate of drug-likeness (QED) is 0.0837. The van der Waals surface area contributed by atoms with Crippen LogP contribution in [0.4, 0.5) is 15.3 Å². The first-order valence-electron chi connectivity index (χ1n) is 22.2. The molecule has 2 heterocycles. The Kier molecular flexibility index (Phi) is 15.8. The van der Waals surface area contributed by atoms with Gasteiger partial charge in [-0.25, -0.2) is 9.59 Å². The zero-order valence-electron chi connectivity index (χ0n) is 37.7. The average molecular weight is 898 g/mol. The Hall–Kier alpha value is -5.83. The number of ketones is 1. The first-order chi connectivity index (χ1) is 30.4. The lowest BCUT2D eigenvalue weighted by molar-refractivity contribution is -0.130. The van der Waals surface area contributed by atoms with E-state index in [2.05, 4.69) is 36.6 Å². The van der Waals surface area contributed by atoms with Gasteiger partial charge in [0.05, 0.1) is 0 Å². The molecule has 0 spiro atoms. The summed E-state index contributed by atoms with van der Waals surface area (Å²) in [7, 11) is 0. The standard InChI is InChI=1S/C48H61ClN8O7/c1-47(2,3)63-45(61)50-28-31-12-16-35(17-13-31)43(59)52-40(44(60)51-37-21-18-34(19-22-37)42-53-55-56-54-42)26-30-10-14-33(15-11-30)38-23-20-36(27-39(38)49)41(58)9-7-8-32-24-25-57(29-32)46(62)64-48(4,5)6/h10-11,14-15,18-23,27,31-32,35,40H,7-9,12-13,16-17,24-26,28-29H2,1-6H3,(H,50,61)(H,51,60)(H,52,59)(H,53,54,55,56). The van der Waals surface area contributed by atoms with Crippen molar-refractivity contribution >= 4 is 47.1 Å². The monoisotopic (exact) mass is 896 g/mol. The summed E-state index contributed by atoms with van der Waals surface area (Å²) in [4.78, 5) is 67.2. The van der Waals surface area contributed by atoms with Crippen molar-refractivity contribution in [2.24, 2.45) is 17.8 Å². The number of anilines is 1. The number of halogens is 1. The number of aromatic amines is 1. The third-order valence-electron chi connectivity index (χ3n) is 11.5. The largest absolute Gasteiger partial charge is 0.444 e. The number of amides is 4. The Morgan fingerprint density at radius 3 is 2.17 bits per heavy atom. The van der Waals surface area contributed by atoms with E-state index in [1.54, 1.807) is 41.3 Å². The van der Waals surface area contributed by atoms with Crippen LogP contribution in [0.5, 0.6) is 0 Å². The van der Waals surface area contributed by atoms with Gasteiger partial charge in [0.15, 0.2) is 5.78 Å². The Morgan fingerprint density at radius 2 is 1.53 bits per heavy atom. The maximum atomic E-state index is 13.9. The van der Waals surface area contributed by atoms with Crippen molar-refractivity contribution in [2.75, 3.05) is 25.0 Å². The second-order valence-corrected chi connectivity index (χ2v) is 19.4. The molecule has 2 atom stereocenters. The number of H-pyrrole nitrogens is 1. The normalized spacial score (nSPS) is 18.2. The van der Waals surface area contributed by atoms with E-state index >= 15 is 0 Å². The maximum absolute atomic E-state index is 13.9. The molecule has 1 saturated carbocycles. The van der Waals surface area contributed by atoms with E-state index in [0.717, 1.165) is 54.4 Å². The molecule has 3 aromatic carbocycles. The van der Waals surface area contributed by atoms with Gasteiger partial charge in [0, 0.05) is 65.8 Å². The van der Waals surface area contributed by atoms with Gasteiger partial charge in [-0.15, -0.1) is 10.2 Å². The van der Waals surface area contributed by atoms with Crippen molar-refractivity contribution in [3.05, 3.63) is 82.9 Å². The first-order valence-corrected chi connectivity index (χ1v) is 22.6. The number of aromatic nitrogens is 4. The summed E-state index contributed by atoms with van der Waals surface area (Å²) in [6.45, 7) is 12.8. The zero-order valence-corrected chi connectivity index (χ0v) is 38.4. The topological polar surface area (TPSA) is 198 Å². The second-order valence-electron chi connectivity index (χ2n) is 19.0. The number of likely N-dealkylation sites (tertiary alicyclic amines) is 1. The number of rotatable bonds is 15. The molecular weight excluding hydrogens is 836 g/mol. The minimum atomic E-state index is -0.881. The highest BCUT2D eigenvalue weighted by Crippen LogP contribution is 2.32. The highest BCUT2D eigenvalue weighted by Gasteiger charge is 2.32. The lowest BCUT2D eigenvalue weighted by Gasteiger charge is -2.29. The van der Waals surface area contributed by atoms with Gasteiger partial charge in [0.25, 0.3) is 0 Å². The fourth-order valence-electron chi connectivity index (χ4n) is 8.12. The number of carbonyl (C=O) groups excluding carboxylic acids is 5. The van der Waals surface area contributed by atoms with Crippen molar-refractivity contribution in [3.63, 3.8) is 0 Å². The molecule has 1 aliphatic carbocycles. The van der Waals surface area contributed by atoms with Crippen LogP contribution < -0.4 is 16.0 Å². The van der Waals surface area contributed by atoms with E-state index in [-0.39, 0.29) is 41.9 Å². The average Bonchev–Trinajstić information content (AvgIpc) is 3.96. The Labute approximate surface area is 380 Å². The van der Waals surface area contributed by atoms with Gasteiger partial charge in [-0.3, -0.25) is 14.4 Å². The van der Waals surface area contributed by atoms with Gasteiger partial charge < -0.3 is 30.3 Å². The Morgan fingerprint density at radius 1 is 0.844 bits per heavy atom. The fourth-order valence-corrected chi connectivity index (χ4v) is 8.41. The summed E-state index contributed by atoms with van der Waals surface area (Å²) in [5.74, 6) is 0.178. The summed E-state index contributed by atoms with van der Waals surface area (Å²) < 4.78 is 10.9. The van der Waals surface area contributed by atoms with Gasteiger partial charge in [-0.05, 0) is 145 Å². The molecule has 1 aliphatic heterocycles. The van der Waals surface area contributed by atoms with E-state index in [1.165, 1.54) is 0 Å². The third-order valence-corrected chi connectivity index (χ3v) is 11.8. The van der Waals surface area contributed by atoms with Crippen molar-refractivity contribution in [3.8, 4) is 22.5 Å². The van der Waals surface area contributed by atoms with Gasteiger partial charge >= 0.3 is 12.2 Å². The Bertz CT molecular complexity index is 2230. The third kappa shape index (κ3) is 14.1. The van der Waals surface area contributed by atoms with E-state index in [1.807, 2.05) is 71.9 Å². The SMILES string of the molecule is CC(C)(C)OC(=O)NCC1CCC(C(=O)NC(Cc2ccc(-c3ccc(C(=O)CCCC4CCN(C(=O)OC(C)(C)C)C4)cc3Cl)cc2)C(=O)Nc2ccc(-c3nn[nH]n3)cc2)CC1. The van der Waals surface area contributed by atoms with E-state index in [0.29, 0.717) is 66.9 Å². The number of nitrogens with zero attached hydrogens (tertiary/aromatic N) is 4. The van der Waals surface area contributed by atoms with Gasteiger partial charge in [-0.1, -0.05) is 48.0 Å². The summed E-state index contributed by atoms with van der Waals surface area (Å²) >= 11 is 6.78. The van der Waals surface area contributed by atoms with Gasteiger partial charge in [-0.2, -0.15) is 5.21 Å². The van der Waals surface area contributed by atoms with Crippen molar-refractivity contribution in [2.45, 2.75) is 117 Å². The molecule has 1 saturated heterocycles. The number of ether oxygens (including phenoxy) is 2. The molecule has 4 N–H and O–H groups in total. The van der Waals surface area contributed by atoms with Crippen LogP contribution in [-0.2, 0) is 25.5 Å². The van der Waals surface area contributed by atoms with Crippen LogP contribution in [0.15, 0.2) is 66.7 Å². The highest BCUT2D eigenvalue weighted by atomic mass is 35.5. The molecule has 4 aromatic rings. The van der Waals surface area contributed by atoms with Crippen LogP contribution in [0.2, 0.25) is 5.02 Å².